The van der Waals surface area contributed by atoms with E-state index in [9.17, 15) is 4.79 Å². The molecule has 1 aromatic heterocycles. The Morgan fingerprint density at radius 3 is 2.95 bits per heavy atom. The van der Waals surface area contributed by atoms with E-state index in [1.165, 1.54) is 11.8 Å². The molecule has 106 valence electrons. The Kier molecular flexibility index (Phi) is 6.89. The number of aromatic nitrogens is 2. The molecule has 0 radical (unpaired) electrons. The Morgan fingerprint density at radius 1 is 1.53 bits per heavy atom. The molecule has 5 heteroatoms. The number of hydrogen-bond donors (Lipinski definition) is 1. The molecule has 0 fully saturated rings. The minimum atomic E-state index is -0.285. The number of ether oxygens (including phenoxy) is 1. The van der Waals surface area contributed by atoms with Crippen molar-refractivity contribution in [2.24, 2.45) is 0 Å². The Labute approximate surface area is 114 Å². The summed E-state index contributed by atoms with van der Waals surface area (Å²) in [4.78, 5) is 11.0. The van der Waals surface area contributed by atoms with Crippen LogP contribution in [0.25, 0.3) is 0 Å². The number of nitrogens with zero attached hydrogens (tertiary/aromatic N) is 2. The summed E-state index contributed by atoms with van der Waals surface area (Å²) in [6.07, 6.45) is 4.24. The highest BCUT2D eigenvalue weighted by Gasteiger charge is 1.99. The van der Waals surface area contributed by atoms with Gasteiger partial charge < -0.3 is 10.1 Å². The molecule has 0 aliphatic rings. The summed E-state index contributed by atoms with van der Waals surface area (Å²) >= 11 is 0. The van der Waals surface area contributed by atoms with Gasteiger partial charge >= 0.3 is 5.97 Å². The second kappa shape index (κ2) is 8.48. The molecule has 0 bridgehead atoms. The van der Waals surface area contributed by atoms with Crippen molar-refractivity contribution in [2.45, 2.75) is 33.7 Å². The second-order valence-electron chi connectivity index (χ2n) is 4.36. The van der Waals surface area contributed by atoms with E-state index in [0.717, 1.165) is 25.2 Å². The van der Waals surface area contributed by atoms with E-state index in [-0.39, 0.29) is 5.97 Å². The summed E-state index contributed by atoms with van der Waals surface area (Å²) in [6.45, 7) is 8.76. The molecule has 0 saturated heterocycles. The molecule has 0 atom stereocenters. The topological polar surface area (TPSA) is 56.1 Å². The lowest BCUT2D eigenvalue weighted by Crippen LogP contribution is -2.17. The van der Waals surface area contributed by atoms with Crippen LogP contribution in [0.15, 0.2) is 18.2 Å². The van der Waals surface area contributed by atoms with Gasteiger partial charge in [0.25, 0.3) is 0 Å². The van der Waals surface area contributed by atoms with E-state index in [4.69, 9.17) is 4.74 Å². The number of rotatable bonds is 8. The molecule has 1 heterocycles. The highest BCUT2D eigenvalue weighted by atomic mass is 16.5. The van der Waals surface area contributed by atoms with Crippen LogP contribution in [0.5, 0.6) is 0 Å². The standard InChI is InChI=1S/C14H23N3O2/c1-4-19-14(18)7-5-8-15-9-6-10-17-13(3)11-12(2)16-17/h5,7,11,15H,4,6,8-10H2,1-3H3/b7-5+. The molecule has 1 rings (SSSR count). The number of hydrogen-bond acceptors (Lipinski definition) is 4. The lowest BCUT2D eigenvalue weighted by molar-refractivity contribution is -0.137. The smallest absolute Gasteiger partial charge is 0.330 e. The van der Waals surface area contributed by atoms with Gasteiger partial charge in [-0.15, -0.1) is 0 Å². The summed E-state index contributed by atoms with van der Waals surface area (Å²) in [7, 11) is 0. The summed E-state index contributed by atoms with van der Waals surface area (Å²) in [5, 5.41) is 7.65. The van der Waals surface area contributed by atoms with Gasteiger partial charge in [-0.2, -0.15) is 5.10 Å². The molecule has 0 aliphatic heterocycles. The first kappa shape index (κ1) is 15.4. The molecular formula is C14H23N3O2. The van der Waals surface area contributed by atoms with Crippen LogP contribution in [-0.2, 0) is 16.1 Å². The highest BCUT2D eigenvalue weighted by Crippen LogP contribution is 2.01. The van der Waals surface area contributed by atoms with Gasteiger partial charge in [0.05, 0.1) is 12.3 Å². The minimum Gasteiger partial charge on any atom is -0.463 e. The van der Waals surface area contributed by atoms with Crippen LogP contribution < -0.4 is 5.32 Å². The van der Waals surface area contributed by atoms with Crippen LogP contribution in [0, 0.1) is 13.8 Å². The van der Waals surface area contributed by atoms with Crippen LogP contribution in [0.3, 0.4) is 0 Å². The number of esters is 1. The van der Waals surface area contributed by atoms with Crippen molar-refractivity contribution < 1.29 is 9.53 Å². The zero-order valence-electron chi connectivity index (χ0n) is 12.0. The van der Waals surface area contributed by atoms with Gasteiger partial charge in [0.1, 0.15) is 0 Å². The predicted molar refractivity (Wildman–Crippen MR) is 75.0 cm³/mol. The van der Waals surface area contributed by atoms with Gasteiger partial charge in [-0.25, -0.2) is 4.79 Å². The molecule has 0 spiro atoms. The van der Waals surface area contributed by atoms with E-state index < -0.39 is 0 Å². The lowest BCUT2D eigenvalue weighted by atomic mass is 10.4. The summed E-state index contributed by atoms with van der Waals surface area (Å²) < 4.78 is 6.80. The van der Waals surface area contributed by atoms with Gasteiger partial charge in [-0.05, 0) is 39.8 Å². The fourth-order valence-electron chi connectivity index (χ4n) is 1.79. The number of nitrogens with one attached hydrogen (secondary N) is 1. The van der Waals surface area contributed by atoms with E-state index in [2.05, 4.69) is 23.4 Å². The fourth-order valence-corrected chi connectivity index (χ4v) is 1.79. The first-order valence-electron chi connectivity index (χ1n) is 6.68. The highest BCUT2D eigenvalue weighted by molar-refractivity contribution is 5.81. The second-order valence-corrected chi connectivity index (χ2v) is 4.36. The van der Waals surface area contributed by atoms with Crippen LogP contribution in [0.2, 0.25) is 0 Å². The normalized spacial score (nSPS) is 11.1. The van der Waals surface area contributed by atoms with Crippen molar-refractivity contribution >= 4 is 5.97 Å². The largest absolute Gasteiger partial charge is 0.463 e. The first-order valence-corrected chi connectivity index (χ1v) is 6.68. The number of carbonyl (C=O) groups excluding carboxylic acids is 1. The summed E-state index contributed by atoms with van der Waals surface area (Å²) in [6, 6.07) is 2.08. The Bertz CT molecular complexity index is 424. The summed E-state index contributed by atoms with van der Waals surface area (Å²) in [5.41, 5.74) is 2.25. The van der Waals surface area contributed by atoms with Gasteiger partial charge in [-0.3, -0.25) is 4.68 Å². The van der Waals surface area contributed by atoms with Crippen molar-refractivity contribution in [3.8, 4) is 0 Å². The fraction of sp³-hybridized carbons (Fsp3) is 0.571. The SMILES string of the molecule is CCOC(=O)/C=C/CNCCCn1nc(C)cc1C. The van der Waals surface area contributed by atoms with Crippen molar-refractivity contribution in [3.05, 3.63) is 29.6 Å². The first-order chi connectivity index (χ1) is 9.13. The molecular weight excluding hydrogens is 242 g/mol. The third-order valence-electron chi connectivity index (χ3n) is 2.63. The average Bonchev–Trinajstić information content (AvgIpc) is 2.67. The van der Waals surface area contributed by atoms with Crippen LogP contribution in [0.1, 0.15) is 24.7 Å². The van der Waals surface area contributed by atoms with E-state index in [1.54, 1.807) is 13.0 Å². The van der Waals surface area contributed by atoms with Gasteiger partial charge in [0, 0.05) is 24.9 Å². The minimum absolute atomic E-state index is 0.285. The zero-order valence-corrected chi connectivity index (χ0v) is 12.0. The van der Waals surface area contributed by atoms with E-state index >= 15 is 0 Å². The van der Waals surface area contributed by atoms with Crippen molar-refractivity contribution in [1.82, 2.24) is 15.1 Å². The number of aryl methyl sites for hydroxylation is 3. The maximum atomic E-state index is 11.0. The zero-order chi connectivity index (χ0) is 14.1. The van der Waals surface area contributed by atoms with Crippen LogP contribution >= 0.6 is 0 Å². The molecule has 0 unspecified atom stereocenters. The molecule has 5 nitrogen and oxygen atoms in total. The molecule has 1 aromatic rings. The van der Waals surface area contributed by atoms with Crippen LogP contribution in [0.4, 0.5) is 0 Å². The maximum Gasteiger partial charge on any atom is 0.330 e. The van der Waals surface area contributed by atoms with Gasteiger partial charge in [0.2, 0.25) is 0 Å². The Balaban J connectivity index is 2.08. The maximum absolute atomic E-state index is 11.0. The molecule has 0 aliphatic carbocycles. The third-order valence-corrected chi connectivity index (χ3v) is 2.63. The lowest BCUT2D eigenvalue weighted by Gasteiger charge is -2.04. The Morgan fingerprint density at radius 2 is 2.32 bits per heavy atom. The van der Waals surface area contributed by atoms with Crippen molar-refractivity contribution in [3.63, 3.8) is 0 Å². The average molecular weight is 265 g/mol. The number of carbonyl (C=O) groups is 1. The molecule has 19 heavy (non-hydrogen) atoms. The van der Waals surface area contributed by atoms with Crippen molar-refractivity contribution in [2.75, 3.05) is 19.7 Å². The monoisotopic (exact) mass is 265 g/mol. The molecule has 0 saturated carbocycles. The van der Waals surface area contributed by atoms with Gasteiger partial charge in [0.15, 0.2) is 0 Å². The van der Waals surface area contributed by atoms with E-state index in [1.807, 2.05) is 11.6 Å². The summed E-state index contributed by atoms with van der Waals surface area (Å²) in [5.74, 6) is -0.285. The predicted octanol–water partition coefficient (Wildman–Crippen LogP) is 1.60. The van der Waals surface area contributed by atoms with Crippen LogP contribution in [-0.4, -0.2) is 35.4 Å². The van der Waals surface area contributed by atoms with E-state index in [0.29, 0.717) is 13.2 Å². The molecule has 1 N–H and O–H groups in total. The van der Waals surface area contributed by atoms with Crippen molar-refractivity contribution in [1.29, 1.82) is 0 Å². The third kappa shape index (κ3) is 6.20. The Hall–Kier alpha value is -1.62. The van der Waals surface area contributed by atoms with Gasteiger partial charge in [-0.1, -0.05) is 6.08 Å². The molecule has 0 aromatic carbocycles. The quantitative estimate of drug-likeness (QED) is 0.441. The molecule has 0 amide bonds.